The Morgan fingerprint density at radius 1 is 1.21 bits per heavy atom. The van der Waals surface area contributed by atoms with Gasteiger partial charge in [-0.25, -0.2) is 9.97 Å². The van der Waals surface area contributed by atoms with Crippen LogP contribution >= 0.6 is 27.3 Å². The van der Waals surface area contributed by atoms with E-state index in [1.54, 1.807) is 11.3 Å². The number of hydrogen-bond donors (Lipinski definition) is 0. The molecule has 0 unspecified atom stereocenters. The Morgan fingerprint density at radius 2 is 2.11 bits per heavy atom. The second-order valence-electron chi connectivity index (χ2n) is 4.35. The van der Waals surface area contributed by atoms with Gasteiger partial charge in [0.05, 0.1) is 16.5 Å². The van der Waals surface area contributed by atoms with E-state index in [9.17, 15) is 0 Å². The Morgan fingerprint density at radius 3 is 2.89 bits per heavy atom. The zero-order valence-electron chi connectivity index (χ0n) is 10.4. The molecule has 5 heteroatoms. The first kappa shape index (κ1) is 12.8. The summed E-state index contributed by atoms with van der Waals surface area (Å²) in [6.45, 7) is 0.985. The molecular weight excluding hydrogens is 322 g/mol. The number of halogens is 1. The highest BCUT2D eigenvalue weighted by Crippen LogP contribution is 2.25. The Labute approximate surface area is 124 Å². The number of thiazole rings is 1. The molecule has 0 N–H and O–H groups in total. The smallest absolute Gasteiger partial charge is 0.160 e. The first-order chi connectivity index (χ1) is 9.40. The highest BCUT2D eigenvalue weighted by Gasteiger charge is 2.13. The molecule has 0 aliphatic heterocycles. The first-order valence-corrected chi connectivity index (χ1v) is 8.36. The molecular formula is C14H14BrN3S. The minimum absolute atomic E-state index is 0.972. The summed E-state index contributed by atoms with van der Waals surface area (Å²) >= 11 is 5.09. The molecule has 3 rings (SSSR count). The number of unbranched alkanes of at least 4 members (excludes halogenated alkanes) is 1. The van der Waals surface area contributed by atoms with Crippen LogP contribution in [-0.4, -0.2) is 19.9 Å². The van der Waals surface area contributed by atoms with Gasteiger partial charge in [0.25, 0.3) is 0 Å². The molecule has 19 heavy (non-hydrogen) atoms. The van der Waals surface area contributed by atoms with Crippen LogP contribution in [0.1, 0.15) is 12.8 Å². The van der Waals surface area contributed by atoms with Gasteiger partial charge in [-0.15, -0.1) is 11.3 Å². The molecule has 2 aromatic heterocycles. The van der Waals surface area contributed by atoms with Crippen molar-refractivity contribution < 1.29 is 0 Å². The van der Waals surface area contributed by atoms with Crippen LogP contribution in [0.25, 0.3) is 22.6 Å². The van der Waals surface area contributed by atoms with Crippen molar-refractivity contribution in [1.82, 2.24) is 14.5 Å². The molecule has 98 valence electrons. The van der Waals surface area contributed by atoms with Crippen molar-refractivity contribution in [2.75, 3.05) is 5.33 Å². The highest BCUT2D eigenvalue weighted by atomic mass is 79.9. The van der Waals surface area contributed by atoms with Gasteiger partial charge in [-0.1, -0.05) is 28.1 Å². The van der Waals surface area contributed by atoms with E-state index in [1.807, 2.05) is 11.6 Å². The van der Waals surface area contributed by atoms with Gasteiger partial charge in [0, 0.05) is 17.3 Å². The lowest BCUT2D eigenvalue weighted by atomic mass is 10.3. The number of alkyl halides is 1. The molecule has 0 fully saturated rings. The first-order valence-electron chi connectivity index (χ1n) is 6.30. The summed E-state index contributed by atoms with van der Waals surface area (Å²) in [5.41, 5.74) is 5.07. The summed E-state index contributed by atoms with van der Waals surface area (Å²) in [7, 11) is 0. The van der Waals surface area contributed by atoms with E-state index < -0.39 is 0 Å². The third kappa shape index (κ3) is 2.58. The quantitative estimate of drug-likeness (QED) is 0.513. The molecule has 0 bridgehead atoms. The average Bonchev–Trinajstić information content (AvgIpc) is 3.06. The highest BCUT2D eigenvalue weighted by molar-refractivity contribution is 9.09. The zero-order valence-corrected chi connectivity index (χ0v) is 12.8. The topological polar surface area (TPSA) is 30.7 Å². The van der Waals surface area contributed by atoms with E-state index >= 15 is 0 Å². The number of aromatic nitrogens is 3. The van der Waals surface area contributed by atoms with Crippen LogP contribution < -0.4 is 0 Å². The number of benzene rings is 1. The number of nitrogens with zero attached hydrogens (tertiary/aromatic N) is 3. The van der Waals surface area contributed by atoms with Crippen molar-refractivity contribution in [2.45, 2.75) is 19.4 Å². The van der Waals surface area contributed by atoms with Gasteiger partial charge >= 0.3 is 0 Å². The monoisotopic (exact) mass is 335 g/mol. The molecule has 0 saturated carbocycles. The molecule has 3 aromatic rings. The fraction of sp³-hybridized carbons (Fsp3) is 0.286. The number of aryl methyl sites for hydroxylation is 1. The maximum absolute atomic E-state index is 4.73. The van der Waals surface area contributed by atoms with Crippen LogP contribution in [0.3, 0.4) is 0 Å². The second kappa shape index (κ2) is 5.84. The van der Waals surface area contributed by atoms with Crippen molar-refractivity contribution in [1.29, 1.82) is 0 Å². The number of fused-ring (bicyclic) bond motifs is 1. The Kier molecular flexibility index (Phi) is 3.94. The molecule has 0 aliphatic carbocycles. The average molecular weight is 336 g/mol. The summed E-state index contributed by atoms with van der Waals surface area (Å²) in [6, 6.07) is 8.29. The summed E-state index contributed by atoms with van der Waals surface area (Å²) in [6.07, 6.45) is 2.31. The molecule has 0 amide bonds. The predicted molar refractivity (Wildman–Crippen MR) is 83.9 cm³/mol. The van der Waals surface area contributed by atoms with E-state index in [0.717, 1.165) is 35.3 Å². The number of hydrogen-bond acceptors (Lipinski definition) is 3. The summed E-state index contributed by atoms with van der Waals surface area (Å²) < 4.78 is 2.28. The molecule has 3 nitrogen and oxygen atoms in total. The van der Waals surface area contributed by atoms with Crippen LogP contribution in [0.15, 0.2) is 35.2 Å². The van der Waals surface area contributed by atoms with Crippen LogP contribution in [0.5, 0.6) is 0 Å². The van der Waals surface area contributed by atoms with Crippen LogP contribution in [0.4, 0.5) is 0 Å². The third-order valence-electron chi connectivity index (χ3n) is 3.08. The van der Waals surface area contributed by atoms with E-state index in [-0.39, 0.29) is 0 Å². The van der Waals surface area contributed by atoms with Crippen LogP contribution in [-0.2, 0) is 6.54 Å². The maximum Gasteiger partial charge on any atom is 0.160 e. The van der Waals surface area contributed by atoms with Crippen molar-refractivity contribution in [3.8, 4) is 11.5 Å². The van der Waals surface area contributed by atoms with Gasteiger partial charge in [-0.2, -0.15) is 0 Å². The lowest BCUT2D eigenvalue weighted by molar-refractivity contribution is 0.655. The molecule has 0 radical (unpaired) electrons. The Bertz CT molecular complexity index is 660. The molecule has 0 atom stereocenters. The Balaban J connectivity index is 2.06. The summed E-state index contributed by atoms with van der Waals surface area (Å²) in [5, 5.41) is 3.11. The zero-order chi connectivity index (χ0) is 13.1. The SMILES string of the molecule is BrCCCCn1c(-c2cscn2)nc2ccccc21. The molecule has 2 heterocycles. The fourth-order valence-corrected chi connectivity index (χ4v) is 3.11. The minimum atomic E-state index is 0.972. The standard InChI is InChI=1S/C14H14BrN3S/c15-7-3-4-8-18-13-6-2-1-5-11(13)17-14(18)12-9-19-10-16-12/h1-2,5-6,9-10H,3-4,7-8H2. The number of imidazole rings is 1. The van der Waals surface area contributed by atoms with Crippen molar-refractivity contribution in [3.05, 3.63) is 35.2 Å². The summed E-state index contributed by atoms with van der Waals surface area (Å²) in [4.78, 5) is 9.13. The number of para-hydroxylation sites is 2. The third-order valence-corrected chi connectivity index (χ3v) is 4.23. The lowest BCUT2D eigenvalue weighted by Crippen LogP contribution is -2.01. The van der Waals surface area contributed by atoms with Gasteiger partial charge < -0.3 is 4.57 Å². The second-order valence-corrected chi connectivity index (χ2v) is 5.86. The Hall–Kier alpha value is -1.20. The van der Waals surface area contributed by atoms with Crippen LogP contribution in [0.2, 0.25) is 0 Å². The van der Waals surface area contributed by atoms with Gasteiger partial charge in [-0.3, -0.25) is 0 Å². The van der Waals surface area contributed by atoms with Crippen molar-refractivity contribution in [2.24, 2.45) is 0 Å². The molecule has 0 aliphatic rings. The minimum Gasteiger partial charge on any atom is -0.323 e. The lowest BCUT2D eigenvalue weighted by Gasteiger charge is -2.07. The van der Waals surface area contributed by atoms with Gasteiger partial charge in [0.15, 0.2) is 5.82 Å². The van der Waals surface area contributed by atoms with E-state index in [2.05, 4.69) is 49.1 Å². The van der Waals surface area contributed by atoms with Crippen molar-refractivity contribution >= 4 is 38.3 Å². The van der Waals surface area contributed by atoms with Crippen molar-refractivity contribution in [3.63, 3.8) is 0 Å². The molecule has 0 saturated heterocycles. The van der Waals surface area contributed by atoms with Crippen LogP contribution in [0, 0.1) is 0 Å². The maximum atomic E-state index is 4.73. The normalized spacial score (nSPS) is 11.2. The van der Waals surface area contributed by atoms with E-state index in [4.69, 9.17) is 4.98 Å². The van der Waals surface area contributed by atoms with Gasteiger partial charge in [0.2, 0.25) is 0 Å². The number of rotatable bonds is 5. The molecule has 0 spiro atoms. The largest absolute Gasteiger partial charge is 0.323 e. The van der Waals surface area contributed by atoms with Gasteiger partial charge in [0.1, 0.15) is 5.69 Å². The predicted octanol–water partition coefficient (Wildman–Crippen LogP) is 4.33. The molecule has 1 aromatic carbocycles. The van der Waals surface area contributed by atoms with E-state index in [0.29, 0.717) is 0 Å². The fourth-order valence-electron chi connectivity index (χ4n) is 2.18. The van der Waals surface area contributed by atoms with E-state index in [1.165, 1.54) is 11.9 Å². The summed E-state index contributed by atoms with van der Waals surface area (Å²) in [5.74, 6) is 0.983. The van der Waals surface area contributed by atoms with Gasteiger partial charge in [-0.05, 0) is 25.0 Å².